The third kappa shape index (κ3) is 17.2. The van der Waals surface area contributed by atoms with Gasteiger partial charge in [0.2, 0.25) is 0 Å². The molecule has 0 radical (unpaired) electrons. The lowest BCUT2D eigenvalue weighted by Crippen LogP contribution is -2.27. The number of unbranched alkanes of at least 4 members (excludes halogenated alkanes) is 8. The quantitative estimate of drug-likeness (QED) is 0.270. The molecule has 1 amide bonds. The van der Waals surface area contributed by atoms with Gasteiger partial charge in [0, 0.05) is 6.54 Å². The number of nitrogens with one attached hydrogen (secondary N) is 1. The van der Waals surface area contributed by atoms with Crippen LogP contribution < -0.4 is 5.32 Å². The zero-order valence-electron chi connectivity index (χ0n) is 14.4. The number of amides is 1. The Bertz CT molecular complexity index is 300. The summed E-state index contributed by atoms with van der Waals surface area (Å²) in [5.74, 6) is -0.0315. The van der Waals surface area contributed by atoms with E-state index in [0.29, 0.717) is 6.61 Å². The van der Waals surface area contributed by atoms with Crippen LogP contribution in [0.4, 0.5) is 4.79 Å². The van der Waals surface area contributed by atoms with Crippen LogP contribution >= 0.6 is 11.6 Å². The normalized spacial score (nSPS) is 10.3. The molecule has 0 aliphatic heterocycles. The van der Waals surface area contributed by atoms with E-state index in [0.717, 1.165) is 12.8 Å². The van der Waals surface area contributed by atoms with E-state index in [2.05, 4.69) is 12.2 Å². The van der Waals surface area contributed by atoms with Crippen LogP contribution in [0.3, 0.4) is 0 Å². The highest BCUT2D eigenvalue weighted by molar-refractivity contribution is 6.18. The predicted octanol–water partition coefficient (Wildman–Crippen LogP) is 4.42. The fourth-order valence-corrected chi connectivity index (χ4v) is 2.20. The molecule has 0 spiro atoms. The Morgan fingerprint density at radius 1 is 0.870 bits per heavy atom. The van der Waals surface area contributed by atoms with Crippen molar-refractivity contribution in [2.75, 3.05) is 25.6 Å². The van der Waals surface area contributed by atoms with E-state index in [1.165, 1.54) is 44.9 Å². The first kappa shape index (κ1) is 22.0. The predicted molar refractivity (Wildman–Crippen MR) is 92.9 cm³/mol. The summed E-state index contributed by atoms with van der Waals surface area (Å²) in [6.07, 6.45) is 10.7. The monoisotopic (exact) mass is 349 g/mol. The second-order valence-corrected chi connectivity index (χ2v) is 5.93. The minimum atomic E-state index is -0.558. The van der Waals surface area contributed by atoms with Crippen molar-refractivity contribution in [3.05, 3.63) is 0 Å². The molecular formula is C17H32ClNO4. The lowest BCUT2D eigenvalue weighted by molar-refractivity contribution is -0.143. The van der Waals surface area contributed by atoms with E-state index < -0.39 is 6.09 Å². The third-order valence-corrected chi connectivity index (χ3v) is 3.57. The lowest BCUT2D eigenvalue weighted by Gasteiger charge is -2.06. The second-order valence-electron chi connectivity index (χ2n) is 5.55. The number of alkyl carbamates (subject to hydrolysis) is 1. The fraction of sp³-hybridized carbons (Fsp3) is 0.882. The molecule has 6 heteroatoms. The Balaban J connectivity index is 3.26. The third-order valence-electron chi connectivity index (χ3n) is 3.42. The van der Waals surface area contributed by atoms with Gasteiger partial charge in [-0.3, -0.25) is 4.79 Å². The summed E-state index contributed by atoms with van der Waals surface area (Å²) in [5, 5.41) is 2.47. The molecule has 0 bridgehead atoms. The van der Waals surface area contributed by atoms with Crippen molar-refractivity contribution >= 4 is 23.7 Å². The van der Waals surface area contributed by atoms with Crippen LogP contribution in [-0.4, -0.2) is 37.7 Å². The first-order valence-corrected chi connectivity index (χ1v) is 9.36. The number of esters is 1. The van der Waals surface area contributed by atoms with Crippen LogP contribution in [-0.2, 0) is 14.3 Å². The molecule has 0 aliphatic carbocycles. The molecule has 0 saturated heterocycles. The summed E-state index contributed by atoms with van der Waals surface area (Å²) in [7, 11) is 0. The van der Waals surface area contributed by atoms with Gasteiger partial charge < -0.3 is 14.8 Å². The summed E-state index contributed by atoms with van der Waals surface area (Å²) in [6, 6.07) is 0. The Labute approximate surface area is 145 Å². The Morgan fingerprint density at radius 3 is 2.09 bits per heavy atom. The Kier molecular flexibility index (Phi) is 16.7. The summed E-state index contributed by atoms with van der Waals surface area (Å²) < 4.78 is 9.82. The second kappa shape index (κ2) is 17.4. The van der Waals surface area contributed by atoms with E-state index in [4.69, 9.17) is 21.1 Å². The van der Waals surface area contributed by atoms with Crippen molar-refractivity contribution in [3.63, 3.8) is 0 Å². The van der Waals surface area contributed by atoms with Crippen LogP contribution in [0, 0.1) is 0 Å². The molecule has 5 nitrogen and oxygen atoms in total. The van der Waals surface area contributed by atoms with Crippen molar-refractivity contribution in [2.45, 2.75) is 71.1 Å². The molecule has 0 saturated carbocycles. The maximum Gasteiger partial charge on any atom is 0.407 e. The van der Waals surface area contributed by atoms with Crippen molar-refractivity contribution in [3.8, 4) is 0 Å². The topological polar surface area (TPSA) is 64.6 Å². The van der Waals surface area contributed by atoms with Gasteiger partial charge in [-0.15, -0.1) is 11.6 Å². The van der Waals surface area contributed by atoms with Gasteiger partial charge in [-0.2, -0.15) is 0 Å². The maximum absolute atomic E-state index is 11.4. The summed E-state index contributed by atoms with van der Waals surface area (Å²) in [5.41, 5.74) is 0. The number of rotatable bonds is 15. The van der Waals surface area contributed by atoms with E-state index in [9.17, 15) is 9.59 Å². The van der Waals surface area contributed by atoms with Crippen LogP contribution in [0.25, 0.3) is 0 Å². The molecule has 0 unspecified atom stereocenters. The highest BCUT2D eigenvalue weighted by Crippen LogP contribution is 2.09. The van der Waals surface area contributed by atoms with Gasteiger partial charge >= 0.3 is 12.1 Å². The summed E-state index contributed by atoms with van der Waals surface area (Å²) in [6.45, 7) is 3.07. The van der Waals surface area contributed by atoms with E-state index in [1.807, 2.05) is 0 Å². The minimum Gasteiger partial charge on any atom is -0.466 e. The van der Waals surface area contributed by atoms with Crippen LogP contribution in [0.15, 0.2) is 0 Å². The molecule has 0 rings (SSSR count). The van der Waals surface area contributed by atoms with Gasteiger partial charge in [0.15, 0.2) is 0 Å². The SMILES string of the molecule is CCCCCCCCCCCOC(=O)CCNC(=O)OCCCl. The lowest BCUT2D eigenvalue weighted by atomic mass is 10.1. The van der Waals surface area contributed by atoms with Crippen LogP contribution in [0.5, 0.6) is 0 Å². The zero-order chi connectivity index (χ0) is 17.2. The Hall–Kier alpha value is -0.970. The highest BCUT2D eigenvalue weighted by atomic mass is 35.5. The summed E-state index contributed by atoms with van der Waals surface area (Å²) >= 11 is 5.38. The molecule has 0 atom stereocenters. The van der Waals surface area contributed by atoms with Crippen molar-refractivity contribution < 1.29 is 19.1 Å². The van der Waals surface area contributed by atoms with Gasteiger partial charge in [0.1, 0.15) is 6.61 Å². The molecule has 136 valence electrons. The van der Waals surface area contributed by atoms with Crippen molar-refractivity contribution in [2.24, 2.45) is 0 Å². The molecule has 0 aromatic rings. The first-order chi connectivity index (χ1) is 11.2. The van der Waals surface area contributed by atoms with Gasteiger partial charge in [-0.05, 0) is 6.42 Å². The van der Waals surface area contributed by atoms with Crippen molar-refractivity contribution in [1.29, 1.82) is 0 Å². The number of carbonyl (C=O) groups excluding carboxylic acids is 2. The maximum atomic E-state index is 11.4. The molecule has 0 heterocycles. The molecule has 0 fully saturated rings. The average Bonchev–Trinajstić information content (AvgIpc) is 2.54. The van der Waals surface area contributed by atoms with E-state index >= 15 is 0 Å². The van der Waals surface area contributed by atoms with Crippen LogP contribution in [0.1, 0.15) is 71.1 Å². The number of halogens is 1. The van der Waals surface area contributed by atoms with E-state index in [-0.39, 0.29) is 31.4 Å². The number of carbonyl (C=O) groups is 2. The van der Waals surface area contributed by atoms with Gasteiger partial charge in [-0.1, -0.05) is 58.3 Å². The van der Waals surface area contributed by atoms with Gasteiger partial charge in [0.25, 0.3) is 0 Å². The molecule has 1 N–H and O–H groups in total. The molecule has 0 aromatic heterocycles. The first-order valence-electron chi connectivity index (χ1n) is 8.83. The highest BCUT2D eigenvalue weighted by Gasteiger charge is 2.05. The van der Waals surface area contributed by atoms with Gasteiger partial charge in [0.05, 0.1) is 18.9 Å². The standard InChI is InChI=1S/C17H32ClNO4/c1-2-3-4-5-6-7-8-9-10-14-22-16(20)11-13-19-17(21)23-15-12-18/h2-15H2,1H3,(H,19,21). The number of hydrogen-bond acceptors (Lipinski definition) is 4. The van der Waals surface area contributed by atoms with Crippen LogP contribution in [0.2, 0.25) is 0 Å². The van der Waals surface area contributed by atoms with Crippen molar-refractivity contribution in [1.82, 2.24) is 5.32 Å². The largest absolute Gasteiger partial charge is 0.466 e. The number of ether oxygens (including phenoxy) is 2. The van der Waals surface area contributed by atoms with Gasteiger partial charge in [-0.25, -0.2) is 4.79 Å². The smallest absolute Gasteiger partial charge is 0.407 e. The number of alkyl halides is 1. The fourth-order valence-electron chi connectivity index (χ4n) is 2.12. The van der Waals surface area contributed by atoms with E-state index in [1.54, 1.807) is 0 Å². The average molecular weight is 350 g/mol. The minimum absolute atomic E-state index is 0.160. The zero-order valence-corrected chi connectivity index (χ0v) is 15.2. The Morgan fingerprint density at radius 2 is 1.48 bits per heavy atom. The molecule has 23 heavy (non-hydrogen) atoms. The molecular weight excluding hydrogens is 318 g/mol. The molecule has 0 aliphatic rings. The number of hydrogen-bond donors (Lipinski definition) is 1. The summed E-state index contributed by atoms with van der Waals surface area (Å²) in [4.78, 5) is 22.5. The molecule has 0 aromatic carbocycles.